The predicted molar refractivity (Wildman–Crippen MR) is 340 cm³/mol. The number of fused-ring (bicyclic) bond motifs is 4. The Hall–Kier alpha value is -8.48. The minimum absolute atomic E-state index is 0.0944. The minimum atomic E-state index is -1.45. The molecule has 2 saturated heterocycles. The Morgan fingerprint density at radius 3 is 1.43 bits per heavy atom. The quantitative estimate of drug-likeness (QED) is 0.0395. The van der Waals surface area contributed by atoms with Crippen LogP contribution in [0.4, 0.5) is 22.7 Å². The number of aryl methyl sites for hydroxylation is 3. The molecule has 2 amide bonds. The number of carbonyl (C=O) groups is 4. The Morgan fingerprint density at radius 1 is 0.523 bits per heavy atom. The summed E-state index contributed by atoms with van der Waals surface area (Å²) in [5.41, 5.74) is 9.76. The summed E-state index contributed by atoms with van der Waals surface area (Å²) in [7, 11) is 0. The molecular weight excluding hydrogens is 1110 g/mol. The molecule has 0 spiro atoms. The Labute approximate surface area is 514 Å². The van der Waals surface area contributed by atoms with Gasteiger partial charge in [0.2, 0.25) is 0 Å². The molecule has 454 valence electrons. The lowest BCUT2D eigenvalue weighted by Gasteiger charge is -2.36. The number of ether oxygens (including phenoxy) is 6. The summed E-state index contributed by atoms with van der Waals surface area (Å²) in [5.74, 6) is -2.17. The third kappa shape index (κ3) is 11.8. The van der Waals surface area contributed by atoms with Crippen LogP contribution in [0.1, 0.15) is 70.4 Å². The maximum Gasteiger partial charge on any atom is 0.337 e. The number of morpholine rings is 2. The van der Waals surface area contributed by atoms with Crippen LogP contribution in [-0.4, -0.2) is 123 Å². The lowest BCUT2D eigenvalue weighted by atomic mass is 9.78. The van der Waals surface area contributed by atoms with Crippen LogP contribution in [0, 0.1) is 27.7 Å². The summed E-state index contributed by atoms with van der Waals surface area (Å²) < 4.78 is 36.7. The first kappa shape index (κ1) is 59.8. The van der Waals surface area contributed by atoms with Gasteiger partial charge in [0.05, 0.1) is 74.0 Å². The average molecular weight is 1190 g/mol. The first-order valence-electron chi connectivity index (χ1n) is 30.6. The van der Waals surface area contributed by atoms with E-state index < -0.39 is 59.2 Å². The zero-order valence-corrected chi connectivity index (χ0v) is 50.8. The van der Waals surface area contributed by atoms with E-state index in [0.717, 1.165) is 106 Å². The Balaban J connectivity index is 0.853. The summed E-state index contributed by atoms with van der Waals surface area (Å²) in [5, 5.41) is 13.8. The molecule has 12 rings (SSSR count). The highest BCUT2D eigenvalue weighted by molar-refractivity contribution is 6.14. The number of anilines is 4. The lowest BCUT2D eigenvalue weighted by Crippen LogP contribution is -2.42. The van der Waals surface area contributed by atoms with Crippen molar-refractivity contribution < 1.29 is 47.6 Å². The molecule has 6 atom stereocenters. The molecule has 0 aliphatic carbocycles. The molecule has 6 aliphatic rings. The molecule has 16 nitrogen and oxygen atoms in total. The molecule has 4 N–H and O–H groups in total. The zero-order chi connectivity index (χ0) is 61.1. The number of hydrogen-bond acceptors (Lipinski definition) is 14. The number of rotatable bonds is 21. The first-order chi connectivity index (χ1) is 42.8. The molecule has 6 aliphatic heterocycles. The van der Waals surface area contributed by atoms with E-state index in [1.807, 2.05) is 137 Å². The normalized spacial score (nSPS) is 22.0. The van der Waals surface area contributed by atoms with Crippen molar-refractivity contribution in [2.45, 2.75) is 90.1 Å². The van der Waals surface area contributed by atoms with E-state index in [-0.39, 0.29) is 35.5 Å². The molecule has 16 heteroatoms. The van der Waals surface area contributed by atoms with Crippen molar-refractivity contribution in [3.8, 4) is 11.1 Å². The molecule has 4 bridgehead atoms. The van der Waals surface area contributed by atoms with Crippen molar-refractivity contribution >= 4 is 46.5 Å². The lowest BCUT2D eigenvalue weighted by molar-refractivity contribution is -0.141. The van der Waals surface area contributed by atoms with Gasteiger partial charge in [0, 0.05) is 62.0 Å². The highest BCUT2D eigenvalue weighted by Crippen LogP contribution is 2.54. The number of esters is 2. The fourth-order valence-corrected chi connectivity index (χ4v) is 13.3. The van der Waals surface area contributed by atoms with E-state index in [1.54, 1.807) is 13.8 Å². The number of hydrogen-bond donors (Lipinski definition) is 4. The maximum absolute atomic E-state index is 15.2. The monoisotopic (exact) mass is 1180 g/mol. The predicted octanol–water partition coefficient (Wildman–Crippen LogP) is 11.0. The second kappa shape index (κ2) is 25.7. The molecule has 0 aromatic heterocycles. The van der Waals surface area contributed by atoms with E-state index in [2.05, 4.69) is 79.6 Å². The van der Waals surface area contributed by atoms with Gasteiger partial charge >= 0.3 is 11.9 Å². The zero-order valence-electron chi connectivity index (χ0n) is 50.8. The van der Waals surface area contributed by atoms with Gasteiger partial charge in [-0.25, -0.2) is 9.59 Å². The Morgan fingerprint density at radius 2 is 0.966 bits per heavy atom. The number of amides is 2. The summed E-state index contributed by atoms with van der Waals surface area (Å²) in [6.45, 7) is 19.2. The van der Waals surface area contributed by atoms with Crippen molar-refractivity contribution in [1.82, 2.24) is 9.80 Å². The number of para-hydroxylation sites is 2. The molecule has 0 radical (unpaired) electrons. The molecule has 88 heavy (non-hydrogen) atoms. The standard InChI is InChI=1S/C72H76N6O10/c1-7-85-69(81)61-59(67(79)75-63-45(3)13-12-14-46(63)4)57-31-34-72(61,87-57)66(53-24-20-50(21-25-53)44-78-37-41-84-42-38-78)74-55-28-26-51(27-29-55)56-30-17-47(5)64(48(56)6)76-68(80)60-58-32-33-71(88-58,62(60)70(82)86-8-2)65(73-54-15-10-9-11-16-54)52-22-18-49(19-23-52)43-77-35-39-83-40-36-77/h9-34,57-58,65-66,73-74H,7-8,35-44H2,1-6H3,(H,75,79)(H,76,80)/t57-,58+,65+,66-,71-,72+/m0/s1. The van der Waals surface area contributed by atoms with Crippen LogP contribution in [0.15, 0.2) is 180 Å². The van der Waals surface area contributed by atoms with Crippen LogP contribution in [0.3, 0.4) is 0 Å². The van der Waals surface area contributed by atoms with Crippen molar-refractivity contribution in [2.24, 2.45) is 0 Å². The third-order valence-corrected chi connectivity index (χ3v) is 17.7. The van der Waals surface area contributed by atoms with Crippen molar-refractivity contribution in [3.63, 3.8) is 0 Å². The number of benzene rings is 6. The van der Waals surface area contributed by atoms with Gasteiger partial charge in [-0.3, -0.25) is 19.4 Å². The van der Waals surface area contributed by atoms with Crippen LogP contribution in [0.5, 0.6) is 0 Å². The molecule has 6 aromatic rings. The molecule has 2 fully saturated rings. The van der Waals surface area contributed by atoms with Gasteiger partial charge in [0.15, 0.2) is 0 Å². The first-order valence-corrected chi connectivity index (χ1v) is 30.6. The van der Waals surface area contributed by atoms with E-state index in [1.165, 1.54) is 0 Å². The van der Waals surface area contributed by atoms with Crippen LogP contribution in [-0.2, 0) is 60.7 Å². The summed E-state index contributed by atoms with van der Waals surface area (Å²) in [4.78, 5) is 63.5. The van der Waals surface area contributed by atoms with Crippen LogP contribution < -0.4 is 21.3 Å². The summed E-state index contributed by atoms with van der Waals surface area (Å²) >= 11 is 0. The van der Waals surface area contributed by atoms with Gasteiger partial charge in [0.1, 0.15) is 23.4 Å². The van der Waals surface area contributed by atoms with E-state index >= 15 is 4.79 Å². The minimum Gasteiger partial charge on any atom is -0.463 e. The molecule has 6 aromatic carbocycles. The SMILES string of the molecule is CCOC(=O)C1=C(C(=O)Nc2c(C)ccc(-c3ccc(N[C@@H](c4ccc(CN5CCOCC5)cc4)[C@]45C=C[C@H](O4)C(C(=O)Nc4c(C)cccc4C)=C5C(=O)OCC)cc3)c2C)[C@H]2C=C[C@]1([C@H](Nc1ccccc1)c1ccc(CN3CCOCC3)cc1)O2. The fourth-order valence-electron chi connectivity index (χ4n) is 13.3. The highest BCUT2D eigenvalue weighted by atomic mass is 16.6. The van der Waals surface area contributed by atoms with Crippen molar-refractivity contribution in [1.29, 1.82) is 0 Å². The average Bonchev–Trinajstić information content (AvgIpc) is 1.66. The molecule has 6 heterocycles. The van der Waals surface area contributed by atoms with Gasteiger partial charge in [0.25, 0.3) is 11.8 Å². The largest absolute Gasteiger partial charge is 0.463 e. The van der Waals surface area contributed by atoms with Gasteiger partial charge in [-0.2, -0.15) is 0 Å². The third-order valence-electron chi connectivity index (χ3n) is 17.7. The number of carbonyl (C=O) groups excluding carboxylic acids is 4. The van der Waals surface area contributed by atoms with Gasteiger partial charge in [-0.05, 0) is 134 Å². The van der Waals surface area contributed by atoms with Gasteiger partial charge < -0.3 is 49.7 Å². The second-order valence-corrected chi connectivity index (χ2v) is 23.4. The van der Waals surface area contributed by atoms with Gasteiger partial charge in [-0.1, -0.05) is 121 Å². The van der Waals surface area contributed by atoms with E-state index in [0.29, 0.717) is 37.8 Å². The van der Waals surface area contributed by atoms with E-state index in [9.17, 15) is 14.4 Å². The van der Waals surface area contributed by atoms with Gasteiger partial charge in [-0.15, -0.1) is 0 Å². The molecule has 0 saturated carbocycles. The summed E-state index contributed by atoms with van der Waals surface area (Å²) in [6.07, 6.45) is 5.83. The molecule has 0 unspecified atom stereocenters. The maximum atomic E-state index is 15.2. The number of nitrogens with zero attached hydrogens (tertiary/aromatic N) is 2. The Kier molecular flexibility index (Phi) is 17.5. The summed E-state index contributed by atoms with van der Waals surface area (Å²) in [6, 6.07) is 42.9. The second-order valence-electron chi connectivity index (χ2n) is 23.4. The van der Waals surface area contributed by atoms with Crippen molar-refractivity contribution in [2.75, 3.05) is 87.1 Å². The van der Waals surface area contributed by atoms with Crippen LogP contribution in [0.25, 0.3) is 11.1 Å². The molecular formula is C72H76N6O10. The van der Waals surface area contributed by atoms with E-state index in [4.69, 9.17) is 28.4 Å². The number of nitrogens with one attached hydrogen (secondary N) is 4. The topological polar surface area (TPSA) is 178 Å². The van der Waals surface area contributed by atoms with Crippen LogP contribution >= 0.6 is 0 Å². The highest BCUT2D eigenvalue weighted by Gasteiger charge is 2.60. The smallest absolute Gasteiger partial charge is 0.337 e. The Bertz CT molecular complexity index is 3720. The van der Waals surface area contributed by atoms with Crippen LogP contribution in [0.2, 0.25) is 0 Å². The fraction of sp³-hybridized carbons (Fsp3) is 0.333. The van der Waals surface area contributed by atoms with Crippen molar-refractivity contribution in [3.05, 3.63) is 225 Å².